The van der Waals surface area contributed by atoms with Gasteiger partial charge < -0.3 is 10.5 Å². The molecule has 0 aliphatic carbocycles. The minimum absolute atomic E-state index is 0.215. The largest absolute Gasteiger partial charge is 0.468 e. The van der Waals surface area contributed by atoms with E-state index in [-0.39, 0.29) is 11.9 Å². The molecule has 66 valence electrons. The van der Waals surface area contributed by atoms with E-state index in [0.29, 0.717) is 0 Å². The molecule has 0 unspecified atom stereocenters. The maximum Gasteiger partial charge on any atom is 0.322 e. The first-order valence-electron chi connectivity index (χ1n) is 3.96. The van der Waals surface area contributed by atoms with E-state index in [2.05, 4.69) is 11.7 Å². The predicted octanol–water partition coefficient (Wildman–Crippen LogP) is 0.923. The van der Waals surface area contributed by atoms with E-state index in [4.69, 9.17) is 5.73 Å². The molecule has 0 aliphatic heterocycles. The Morgan fingerprint density at radius 2 is 2.18 bits per heavy atom. The van der Waals surface area contributed by atoms with Crippen molar-refractivity contribution in [1.82, 2.24) is 0 Å². The lowest BCUT2D eigenvalue weighted by molar-refractivity contribution is -0.143. The van der Waals surface area contributed by atoms with E-state index in [9.17, 15) is 4.79 Å². The average molecular weight is 159 g/mol. The van der Waals surface area contributed by atoms with Crippen molar-refractivity contribution in [2.24, 2.45) is 11.7 Å². The summed E-state index contributed by atoms with van der Waals surface area (Å²) in [5, 5.41) is 0. The molecule has 0 amide bonds. The summed E-state index contributed by atoms with van der Waals surface area (Å²) in [6.45, 7) is 4.03. The number of rotatable bonds is 4. The van der Waals surface area contributed by atoms with Crippen LogP contribution in [-0.4, -0.2) is 19.1 Å². The molecule has 0 aromatic rings. The quantitative estimate of drug-likeness (QED) is 0.621. The molecule has 11 heavy (non-hydrogen) atoms. The number of nitrogens with two attached hydrogens (primary N) is 1. The SMILES string of the molecule is CCC[C@H](C)[C@@H](N)C(=O)OC. The molecule has 0 rings (SSSR count). The van der Waals surface area contributed by atoms with Crippen molar-refractivity contribution in [2.75, 3.05) is 7.11 Å². The molecule has 0 radical (unpaired) electrons. The summed E-state index contributed by atoms with van der Waals surface area (Å²) in [7, 11) is 1.36. The Morgan fingerprint density at radius 1 is 1.64 bits per heavy atom. The topological polar surface area (TPSA) is 52.3 Å². The van der Waals surface area contributed by atoms with E-state index in [1.165, 1.54) is 7.11 Å². The number of hydrogen-bond acceptors (Lipinski definition) is 3. The number of carbonyl (C=O) groups is 1. The molecule has 0 bridgehead atoms. The number of hydrogen-bond donors (Lipinski definition) is 1. The maximum absolute atomic E-state index is 10.9. The van der Waals surface area contributed by atoms with Gasteiger partial charge in [-0.2, -0.15) is 0 Å². The van der Waals surface area contributed by atoms with Crippen LogP contribution >= 0.6 is 0 Å². The van der Waals surface area contributed by atoms with Gasteiger partial charge in [0.1, 0.15) is 6.04 Å². The van der Waals surface area contributed by atoms with E-state index >= 15 is 0 Å². The molecule has 0 aromatic heterocycles. The van der Waals surface area contributed by atoms with Crippen LogP contribution in [0.4, 0.5) is 0 Å². The Balaban J connectivity index is 3.80. The third-order valence-electron chi connectivity index (χ3n) is 1.83. The molecule has 3 heteroatoms. The van der Waals surface area contributed by atoms with Gasteiger partial charge in [-0.25, -0.2) is 0 Å². The van der Waals surface area contributed by atoms with Gasteiger partial charge in [0.2, 0.25) is 0 Å². The van der Waals surface area contributed by atoms with E-state index in [1.54, 1.807) is 0 Å². The second kappa shape index (κ2) is 5.13. The highest BCUT2D eigenvalue weighted by Crippen LogP contribution is 2.09. The van der Waals surface area contributed by atoms with Crippen LogP contribution < -0.4 is 5.73 Å². The van der Waals surface area contributed by atoms with Gasteiger partial charge >= 0.3 is 5.97 Å². The molecular formula is C8H17NO2. The molecule has 0 saturated heterocycles. The van der Waals surface area contributed by atoms with Crippen LogP contribution in [0.15, 0.2) is 0 Å². The Bertz CT molecular complexity index is 125. The van der Waals surface area contributed by atoms with Crippen LogP contribution in [0.2, 0.25) is 0 Å². The van der Waals surface area contributed by atoms with Crippen LogP contribution in [0.1, 0.15) is 26.7 Å². The van der Waals surface area contributed by atoms with Gasteiger partial charge in [-0.1, -0.05) is 20.3 Å². The average Bonchev–Trinajstić information content (AvgIpc) is 2.02. The van der Waals surface area contributed by atoms with E-state index in [1.807, 2.05) is 6.92 Å². The minimum Gasteiger partial charge on any atom is -0.468 e. The van der Waals surface area contributed by atoms with E-state index < -0.39 is 6.04 Å². The number of carbonyl (C=O) groups excluding carboxylic acids is 1. The zero-order chi connectivity index (χ0) is 8.85. The van der Waals surface area contributed by atoms with Crippen molar-refractivity contribution in [1.29, 1.82) is 0 Å². The third kappa shape index (κ3) is 3.37. The lowest BCUT2D eigenvalue weighted by Crippen LogP contribution is -2.37. The van der Waals surface area contributed by atoms with Crippen LogP contribution in [0.3, 0.4) is 0 Å². The van der Waals surface area contributed by atoms with Crippen molar-refractivity contribution in [3.8, 4) is 0 Å². The zero-order valence-corrected chi connectivity index (χ0v) is 7.46. The standard InChI is InChI=1S/C8H17NO2/c1-4-5-6(2)7(9)8(10)11-3/h6-7H,4-5,9H2,1-3H3/t6-,7+/m0/s1. The van der Waals surface area contributed by atoms with Crippen molar-refractivity contribution >= 4 is 5.97 Å². The summed E-state index contributed by atoms with van der Waals surface area (Å²) in [6.07, 6.45) is 2.02. The zero-order valence-electron chi connectivity index (χ0n) is 7.46. The van der Waals surface area contributed by atoms with Gasteiger partial charge in [0.15, 0.2) is 0 Å². The van der Waals surface area contributed by atoms with Crippen LogP contribution in [0.25, 0.3) is 0 Å². The van der Waals surface area contributed by atoms with Crippen LogP contribution in [0.5, 0.6) is 0 Å². The Labute approximate surface area is 67.9 Å². The minimum atomic E-state index is -0.458. The Morgan fingerprint density at radius 3 is 2.55 bits per heavy atom. The van der Waals surface area contributed by atoms with Gasteiger partial charge in [-0.15, -0.1) is 0 Å². The van der Waals surface area contributed by atoms with Crippen molar-refractivity contribution in [2.45, 2.75) is 32.7 Å². The lowest BCUT2D eigenvalue weighted by atomic mass is 9.98. The molecule has 2 N–H and O–H groups in total. The Kier molecular flexibility index (Phi) is 4.86. The molecule has 0 fully saturated rings. The highest BCUT2D eigenvalue weighted by atomic mass is 16.5. The van der Waals surface area contributed by atoms with Crippen molar-refractivity contribution in [3.63, 3.8) is 0 Å². The van der Waals surface area contributed by atoms with Gasteiger partial charge in [-0.05, 0) is 12.3 Å². The molecule has 0 spiro atoms. The first-order valence-corrected chi connectivity index (χ1v) is 3.96. The monoisotopic (exact) mass is 159 g/mol. The van der Waals surface area contributed by atoms with Gasteiger partial charge in [0, 0.05) is 0 Å². The first-order chi connectivity index (χ1) is 5.13. The summed E-state index contributed by atoms with van der Waals surface area (Å²) in [4.78, 5) is 10.9. The van der Waals surface area contributed by atoms with Crippen molar-refractivity contribution < 1.29 is 9.53 Å². The highest BCUT2D eigenvalue weighted by molar-refractivity contribution is 5.75. The number of methoxy groups -OCH3 is 1. The van der Waals surface area contributed by atoms with Crippen molar-refractivity contribution in [3.05, 3.63) is 0 Å². The lowest BCUT2D eigenvalue weighted by Gasteiger charge is -2.16. The molecule has 0 aliphatic rings. The second-order valence-electron chi connectivity index (χ2n) is 2.81. The third-order valence-corrected chi connectivity index (χ3v) is 1.83. The molecule has 0 saturated carbocycles. The highest BCUT2D eigenvalue weighted by Gasteiger charge is 2.19. The maximum atomic E-state index is 10.9. The molecule has 0 aromatic carbocycles. The normalized spacial score (nSPS) is 15.6. The summed E-state index contributed by atoms with van der Waals surface area (Å²) < 4.78 is 4.52. The van der Waals surface area contributed by atoms with Crippen LogP contribution in [0, 0.1) is 5.92 Å². The summed E-state index contributed by atoms with van der Waals surface area (Å²) in [5.41, 5.74) is 5.58. The summed E-state index contributed by atoms with van der Waals surface area (Å²) in [6, 6.07) is -0.458. The van der Waals surface area contributed by atoms with Gasteiger partial charge in [0.25, 0.3) is 0 Å². The smallest absolute Gasteiger partial charge is 0.322 e. The fraction of sp³-hybridized carbons (Fsp3) is 0.875. The molecule has 0 heterocycles. The molecular weight excluding hydrogens is 142 g/mol. The fourth-order valence-corrected chi connectivity index (χ4v) is 1.00. The Hall–Kier alpha value is -0.570. The van der Waals surface area contributed by atoms with Gasteiger partial charge in [-0.3, -0.25) is 4.79 Å². The summed E-state index contributed by atoms with van der Waals surface area (Å²) in [5.74, 6) is -0.0987. The van der Waals surface area contributed by atoms with Gasteiger partial charge in [0.05, 0.1) is 7.11 Å². The second-order valence-corrected chi connectivity index (χ2v) is 2.81. The number of ether oxygens (including phenoxy) is 1. The molecule has 3 nitrogen and oxygen atoms in total. The fourth-order valence-electron chi connectivity index (χ4n) is 1.00. The summed E-state index contributed by atoms with van der Waals surface area (Å²) >= 11 is 0. The first kappa shape index (κ1) is 10.4. The van der Waals surface area contributed by atoms with E-state index in [0.717, 1.165) is 12.8 Å². The molecule has 2 atom stereocenters. The predicted molar refractivity (Wildman–Crippen MR) is 44.1 cm³/mol. The number of esters is 1. The van der Waals surface area contributed by atoms with Crippen LogP contribution in [-0.2, 0) is 9.53 Å².